The number of aryl methyl sites for hydroxylation is 1. The Hall–Kier alpha value is -1.16. The van der Waals surface area contributed by atoms with E-state index in [1.165, 1.54) is 12.8 Å². The number of carbonyl (C=O) groups is 1. The second-order valence-corrected chi connectivity index (χ2v) is 5.09. The quantitative estimate of drug-likeness (QED) is 0.643. The molecule has 1 aliphatic carbocycles. The number of rotatable bonds is 3. The third-order valence-corrected chi connectivity index (χ3v) is 3.96. The van der Waals surface area contributed by atoms with Crippen molar-refractivity contribution < 1.29 is 4.79 Å². The number of nitrogens with two attached hydrogens (primary N) is 1. The van der Waals surface area contributed by atoms with Crippen LogP contribution in [-0.4, -0.2) is 21.9 Å². The van der Waals surface area contributed by atoms with Gasteiger partial charge in [-0.1, -0.05) is 25.7 Å². The molecular formula is C13H21N3O. The zero-order valence-electron chi connectivity index (χ0n) is 10.5. The van der Waals surface area contributed by atoms with Crippen LogP contribution in [0, 0.1) is 5.41 Å². The van der Waals surface area contributed by atoms with Crippen LogP contribution in [0.15, 0.2) is 12.4 Å². The molecule has 4 heteroatoms. The molecule has 0 atom stereocenters. The molecule has 17 heavy (non-hydrogen) atoms. The van der Waals surface area contributed by atoms with E-state index < -0.39 is 0 Å². The van der Waals surface area contributed by atoms with Crippen molar-refractivity contribution in [3.63, 3.8) is 0 Å². The van der Waals surface area contributed by atoms with Gasteiger partial charge in [-0.2, -0.15) is 0 Å². The van der Waals surface area contributed by atoms with Crippen molar-refractivity contribution in [3.8, 4) is 0 Å². The Morgan fingerprint density at radius 3 is 2.53 bits per heavy atom. The molecule has 0 amide bonds. The highest BCUT2D eigenvalue weighted by atomic mass is 16.1. The van der Waals surface area contributed by atoms with Crippen molar-refractivity contribution >= 4 is 5.78 Å². The van der Waals surface area contributed by atoms with E-state index in [0.717, 1.165) is 25.7 Å². The predicted molar refractivity (Wildman–Crippen MR) is 66.7 cm³/mol. The summed E-state index contributed by atoms with van der Waals surface area (Å²) in [7, 11) is 1.86. The molecule has 0 bridgehead atoms. The zero-order chi connectivity index (χ0) is 12.3. The average Bonchev–Trinajstić information content (AvgIpc) is 2.64. The van der Waals surface area contributed by atoms with Crippen LogP contribution < -0.4 is 5.73 Å². The Kier molecular flexibility index (Phi) is 3.62. The highest BCUT2D eigenvalue weighted by Crippen LogP contribution is 2.36. The fourth-order valence-electron chi connectivity index (χ4n) is 2.75. The van der Waals surface area contributed by atoms with Gasteiger partial charge in [-0.3, -0.25) is 4.79 Å². The van der Waals surface area contributed by atoms with Gasteiger partial charge in [0.2, 0.25) is 5.78 Å². The van der Waals surface area contributed by atoms with E-state index in [4.69, 9.17) is 5.73 Å². The first-order valence-electron chi connectivity index (χ1n) is 6.42. The van der Waals surface area contributed by atoms with Crippen molar-refractivity contribution in [1.29, 1.82) is 0 Å². The van der Waals surface area contributed by atoms with Crippen LogP contribution in [0.2, 0.25) is 0 Å². The van der Waals surface area contributed by atoms with Gasteiger partial charge in [-0.25, -0.2) is 4.98 Å². The fourth-order valence-corrected chi connectivity index (χ4v) is 2.75. The third-order valence-electron chi connectivity index (χ3n) is 3.96. The molecule has 0 unspecified atom stereocenters. The van der Waals surface area contributed by atoms with E-state index in [-0.39, 0.29) is 11.2 Å². The molecule has 4 nitrogen and oxygen atoms in total. The van der Waals surface area contributed by atoms with E-state index in [2.05, 4.69) is 4.98 Å². The highest BCUT2D eigenvalue weighted by molar-refractivity contribution is 5.97. The molecule has 1 aromatic heterocycles. The first kappa shape index (κ1) is 12.3. The Morgan fingerprint density at radius 2 is 2.06 bits per heavy atom. The van der Waals surface area contributed by atoms with Gasteiger partial charge in [0.05, 0.1) is 0 Å². The van der Waals surface area contributed by atoms with Crippen LogP contribution in [-0.2, 0) is 7.05 Å². The summed E-state index contributed by atoms with van der Waals surface area (Å²) < 4.78 is 1.80. The SMILES string of the molecule is Cn1ccnc1C(=O)C1(CN)CCCCCC1. The van der Waals surface area contributed by atoms with Crippen LogP contribution in [0.1, 0.15) is 49.1 Å². The van der Waals surface area contributed by atoms with E-state index in [1.807, 2.05) is 13.2 Å². The van der Waals surface area contributed by atoms with Gasteiger partial charge in [0.25, 0.3) is 0 Å². The largest absolute Gasteiger partial charge is 0.332 e. The number of aromatic nitrogens is 2. The topological polar surface area (TPSA) is 60.9 Å². The summed E-state index contributed by atoms with van der Waals surface area (Å²) in [6.07, 6.45) is 9.96. The third kappa shape index (κ3) is 2.27. The number of hydrogen-bond acceptors (Lipinski definition) is 3. The summed E-state index contributed by atoms with van der Waals surface area (Å²) >= 11 is 0. The molecule has 0 aromatic carbocycles. The monoisotopic (exact) mass is 235 g/mol. The predicted octanol–water partition coefficient (Wildman–Crippen LogP) is 1.90. The first-order chi connectivity index (χ1) is 8.19. The lowest BCUT2D eigenvalue weighted by Crippen LogP contribution is -2.39. The Balaban J connectivity index is 2.28. The molecule has 94 valence electrons. The van der Waals surface area contributed by atoms with Gasteiger partial charge < -0.3 is 10.3 Å². The summed E-state index contributed by atoms with van der Waals surface area (Å²) in [5.41, 5.74) is 5.54. The molecule has 1 aromatic rings. The maximum atomic E-state index is 12.6. The lowest BCUT2D eigenvalue weighted by molar-refractivity contribution is 0.0759. The average molecular weight is 235 g/mol. The van der Waals surface area contributed by atoms with Crippen molar-refractivity contribution in [1.82, 2.24) is 9.55 Å². The van der Waals surface area contributed by atoms with Crippen LogP contribution in [0.25, 0.3) is 0 Å². The summed E-state index contributed by atoms with van der Waals surface area (Å²) in [5, 5.41) is 0. The molecule has 1 fully saturated rings. The normalized spacial score (nSPS) is 19.9. The van der Waals surface area contributed by atoms with Crippen molar-refractivity contribution in [2.24, 2.45) is 18.2 Å². The lowest BCUT2D eigenvalue weighted by Gasteiger charge is -2.29. The summed E-state index contributed by atoms with van der Waals surface area (Å²) in [4.78, 5) is 16.8. The van der Waals surface area contributed by atoms with Gasteiger partial charge in [0, 0.05) is 31.4 Å². The van der Waals surface area contributed by atoms with Crippen LogP contribution in [0.3, 0.4) is 0 Å². The summed E-state index contributed by atoms with van der Waals surface area (Å²) in [6, 6.07) is 0. The molecule has 2 N–H and O–H groups in total. The smallest absolute Gasteiger partial charge is 0.205 e. The molecule has 0 saturated heterocycles. The van der Waals surface area contributed by atoms with Gasteiger partial charge in [0.15, 0.2) is 5.82 Å². The maximum absolute atomic E-state index is 12.6. The van der Waals surface area contributed by atoms with Crippen molar-refractivity contribution in [2.45, 2.75) is 38.5 Å². The first-order valence-corrected chi connectivity index (χ1v) is 6.42. The van der Waals surface area contributed by atoms with Gasteiger partial charge >= 0.3 is 0 Å². The van der Waals surface area contributed by atoms with Gasteiger partial charge in [0.1, 0.15) is 0 Å². The molecular weight excluding hydrogens is 214 g/mol. The number of hydrogen-bond donors (Lipinski definition) is 1. The Bertz CT molecular complexity index is 389. The van der Waals surface area contributed by atoms with E-state index in [0.29, 0.717) is 12.4 Å². The van der Waals surface area contributed by atoms with E-state index in [9.17, 15) is 4.79 Å². The highest BCUT2D eigenvalue weighted by Gasteiger charge is 2.39. The van der Waals surface area contributed by atoms with Crippen molar-refractivity contribution in [2.75, 3.05) is 6.54 Å². The van der Waals surface area contributed by atoms with Crippen LogP contribution >= 0.6 is 0 Å². The minimum Gasteiger partial charge on any atom is -0.332 e. The number of Topliss-reactive ketones (excluding diaryl/α,β-unsaturated/α-hetero) is 1. The van der Waals surface area contributed by atoms with Gasteiger partial charge in [-0.05, 0) is 12.8 Å². The maximum Gasteiger partial charge on any atom is 0.205 e. The lowest BCUT2D eigenvalue weighted by atomic mass is 9.76. The minimum absolute atomic E-state index is 0.134. The van der Waals surface area contributed by atoms with Gasteiger partial charge in [-0.15, -0.1) is 0 Å². The molecule has 0 radical (unpaired) electrons. The number of nitrogens with zero attached hydrogens (tertiary/aromatic N) is 2. The summed E-state index contributed by atoms with van der Waals surface area (Å²) in [5.74, 6) is 0.687. The molecule has 2 rings (SSSR count). The second kappa shape index (κ2) is 5.00. The molecule has 1 aliphatic rings. The fraction of sp³-hybridized carbons (Fsp3) is 0.692. The summed E-state index contributed by atoms with van der Waals surface area (Å²) in [6.45, 7) is 0.443. The molecule has 1 saturated carbocycles. The number of ketones is 1. The minimum atomic E-state index is -0.365. The Morgan fingerprint density at radius 1 is 1.41 bits per heavy atom. The number of imidazole rings is 1. The Labute approximate surface area is 102 Å². The molecule has 0 aliphatic heterocycles. The molecule has 1 heterocycles. The van der Waals surface area contributed by atoms with E-state index >= 15 is 0 Å². The van der Waals surface area contributed by atoms with E-state index in [1.54, 1.807) is 10.8 Å². The second-order valence-electron chi connectivity index (χ2n) is 5.09. The van der Waals surface area contributed by atoms with Crippen LogP contribution in [0.5, 0.6) is 0 Å². The van der Waals surface area contributed by atoms with Crippen molar-refractivity contribution in [3.05, 3.63) is 18.2 Å². The van der Waals surface area contributed by atoms with Crippen LogP contribution in [0.4, 0.5) is 0 Å². The molecule has 0 spiro atoms. The standard InChI is InChI=1S/C13H21N3O/c1-16-9-8-15-12(16)11(17)13(10-14)6-4-2-3-5-7-13/h8-9H,2-7,10,14H2,1H3. The number of carbonyl (C=O) groups excluding carboxylic acids is 1. The zero-order valence-corrected chi connectivity index (χ0v) is 10.5.